The molecule has 1 fully saturated rings. The van der Waals surface area contributed by atoms with Gasteiger partial charge in [0.15, 0.2) is 0 Å². The second-order valence-corrected chi connectivity index (χ2v) is 7.28. The van der Waals surface area contributed by atoms with E-state index in [1.807, 2.05) is 17.8 Å². The van der Waals surface area contributed by atoms with Crippen molar-refractivity contribution in [3.8, 4) is 0 Å². The van der Waals surface area contributed by atoms with Gasteiger partial charge in [-0.25, -0.2) is 4.39 Å². The van der Waals surface area contributed by atoms with E-state index in [2.05, 4.69) is 21.4 Å². The second kappa shape index (κ2) is 7.62. The highest BCUT2D eigenvalue weighted by Gasteiger charge is 2.19. The number of nitrogens with one attached hydrogen (secondary N) is 1. The average molecular weight is 347 g/mol. The van der Waals surface area contributed by atoms with Gasteiger partial charge in [0.1, 0.15) is 5.82 Å². The monoisotopic (exact) mass is 346 g/mol. The van der Waals surface area contributed by atoms with Crippen molar-refractivity contribution in [2.75, 3.05) is 11.5 Å². The van der Waals surface area contributed by atoms with E-state index in [1.54, 1.807) is 6.07 Å². The summed E-state index contributed by atoms with van der Waals surface area (Å²) in [5, 5.41) is 0. The number of benzene rings is 1. The molecule has 0 amide bonds. The molecule has 0 aliphatic carbocycles. The molecule has 2 nitrogen and oxygen atoms in total. The maximum Gasteiger partial charge on any atom is 0.124 e. The largest absolute Gasteiger partial charge is 0.271 e. The molecule has 1 aliphatic heterocycles. The lowest BCUT2D eigenvalue weighted by Gasteiger charge is -2.26. The molecule has 3 N–H and O–H groups in total. The van der Waals surface area contributed by atoms with Crippen LogP contribution in [0, 0.1) is 11.7 Å². The minimum absolute atomic E-state index is 0.200. The lowest BCUT2D eigenvalue weighted by Crippen LogP contribution is -2.38. The van der Waals surface area contributed by atoms with E-state index < -0.39 is 0 Å². The molecule has 0 saturated carbocycles. The topological polar surface area (TPSA) is 38.0 Å². The summed E-state index contributed by atoms with van der Waals surface area (Å²) >= 11 is 5.36. The van der Waals surface area contributed by atoms with Gasteiger partial charge in [-0.2, -0.15) is 11.8 Å². The third-order valence-electron chi connectivity index (χ3n) is 3.60. The molecule has 19 heavy (non-hydrogen) atoms. The van der Waals surface area contributed by atoms with Crippen LogP contribution in [0.2, 0.25) is 0 Å². The highest BCUT2D eigenvalue weighted by molar-refractivity contribution is 9.10. The first-order valence-electron chi connectivity index (χ1n) is 6.66. The van der Waals surface area contributed by atoms with E-state index in [1.165, 1.54) is 30.4 Å². The Morgan fingerprint density at radius 1 is 1.37 bits per heavy atom. The third kappa shape index (κ3) is 5.06. The van der Waals surface area contributed by atoms with E-state index >= 15 is 0 Å². The van der Waals surface area contributed by atoms with Crippen molar-refractivity contribution in [1.29, 1.82) is 0 Å². The molecule has 1 aromatic rings. The van der Waals surface area contributed by atoms with Crippen LogP contribution in [-0.4, -0.2) is 17.5 Å². The number of hydrogen-bond donors (Lipinski definition) is 2. The van der Waals surface area contributed by atoms with E-state index in [0.29, 0.717) is 0 Å². The van der Waals surface area contributed by atoms with Crippen molar-refractivity contribution in [3.05, 3.63) is 34.1 Å². The van der Waals surface area contributed by atoms with Gasteiger partial charge in [0.05, 0.1) is 0 Å². The zero-order chi connectivity index (χ0) is 13.7. The van der Waals surface area contributed by atoms with Crippen LogP contribution in [0.1, 0.15) is 24.8 Å². The van der Waals surface area contributed by atoms with Gasteiger partial charge >= 0.3 is 0 Å². The number of nitrogens with two attached hydrogens (primary N) is 1. The molecule has 2 rings (SSSR count). The maximum atomic E-state index is 13.4. The molecule has 1 saturated heterocycles. The van der Waals surface area contributed by atoms with Gasteiger partial charge in [0, 0.05) is 10.5 Å². The van der Waals surface area contributed by atoms with Gasteiger partial charge in [-0.05, 0) is 66.9 Å². The average Bonchev–Trinajstić information content (AvgIpc) is 2.38. The van der Waals surface area contributed by atoms with Crippen molar-refractivity contribution >= 4 is 27.7 Å². The first-order chi connectivity index (χ1) is 9.17. The minimum atomic E-state index is -0.200. The summed E-state index contributed by atoms with van der Waals surface area (Å²) in [4.78, 5) is 0. The van der Waals surface area contributed by atoms with Crippen molar-refractivity contribution < 1.29 is 4.39 Å². The summed E-state index contributed by atoms with van der Waals surface area (Å²) < 4.78 is 14.1. The zero-order valence-electron chi connectivity index (χ0n) is 10.9. The fraction of sp³-hybridized carbons (Fsp3) is 0.571. The lowest BCUT2D eigenvalue weighted by molar-refractivity contribution is 0.365. The predicted octanol–water partition coefficient (Wildman–Crippen LogP) is 3.50. The summed E-state index contributed by atoms with van der Waals surface area (Å²) in [7, 11) is 0. The molecule has 0 aromatic heterocycles. The molecule has 0 radical (unpaired) electrons. The summed E-state index contributed by atoms with van der Waals surface area (Å²) in [5.74, 6) is 8.72. The highest BCUT2D eigenvalue weighted by atomic mass is 79.9. The summed E-state index contributed by atoms with van der Waals surface area (Å²) in [5.41, 5.74) is 3.88. The first-order valence-corrected chi connectivity index (χ1v) is 8.61. The predicted molar refractivity (Wildman–Crippen MR) is 83.6 cm³/mol. The Hall–Kier alpha value is -0.100. The van der Waals surface area contributed by atoms with E-state index in [0.717, 1.165) is 28.8 Å². The normalized spacial score (nSPS) is 18.5. The van der Waals surface area contributed by atoms with Crippen molar-refractivity contribution in [1.82, 2.24) is 5.43 Å². The Morgan fingerprint density at radius 2 is 2.11 bits per heavy atom. The Balaban J connectivity index is 1.93. The molecule has 1 atom stereocenters. The van der Waals surface area contributed by atoms with E-state index in [9.17, 15) is 4.39 Å². The van der Waals surface area contributed by atoms with Gasteiger partial charge in [-0.15, -0.1) is 0 Å². The van der Waals surface area contributed by atoms with Crippen LogP contribution in [-0.2, 0) is 6.42 Å². The quantitative estimate of drug-likeness (QED) is 0.633. The van der Waals surface area contributed by atoms with Gasteiger partial charge in [-0.3, -0.25) is 11.3 Å². The Kier molecular flexibility index (Phi) is 6.13. The molecular weight excluding hydrogens is 327 g/mol. The fourth-order valence-corrected chi connectivity index (χ4v) is 4.32. The van der Waals surface area contributed by atoms with Crippen molar-refractivity contribution in [2.24, 2.45) is 11.8 Å². The molecule has 0 spiro atoms. The number of rotatable bonds is 5. The van der Waals surface area contributed by atoms with Crippen LogP contribution in [0.3, 0.4) is 0 Å². The van der Waals surface area contributed by atoms with Gasteiger partial charge in [-0.1, -0.05) is 15.9 Å². The Labute approximate surface area is 126 Å². The Bertz CT molecular complexity index is 390. The van der Waals surface area contributed by atoms with Crippen LogP contribution in [0.15, 0.2) is 22.7 Å². The summed E-state index contributed by atoms with van der Waals surface area (Å²) in [6.45, 7) is 0. The second-order valence-electron chi connectivity index (χ2n) is 5.14. The van der Waals surface area contributed by atoms with E-state index in [4.69, 9.17) is 5.84 Å². The number of thioether (sulfide) groups is 1. The zero-order valence-corrected chi connectivity index (χ0v) is 13.3. The maximum absolute atomic E-state index is 13.4. The van der Waals surface area contributed by atoms with Crippen LogP contribution in [0.5, 0.6) is 0 Å². The number of hydrogen-bond acceptors (Lipinski definition) is 3. The minimum Gasteiger partial charge on any atom is -0.271 e. The van der Waals surface area contributed by atoms with Crippen molar-refractivity contribution in [3.63, 3.8) is 0 Å². The smallest absolute Gasteiger partial charge is 0.124 e. The van der Waals surface area contributed by atoms with Crippen LogP contribution in [0.25, 0.3) is 0 Å². The molecule has 0 bridgehead atoms. The molecule has 1 aromatic carbocycles. The van der Waals surface area contributed by atoms with Gasteiger partial charge in [0.2, 0.25) is 0 Å². The molecule has 1 unspecified atom stereocenters. The highest BCUT2D eigenvalue weighted by Crippen LogP contribution is 2.27. The molecule has 1 aliphatic rings. The Morgan fingerprint density at radius 3 is 2.74 bits per heavy atom. The fourth-order valence-electron chi connectivity index (χ4n) is 2.61. The van der Waals surface area contributed by atoms with Gasteiger partial charge in [0.25, 0.3) is 0 Å². The van der Waals surface area contributed by atoms with Crippen LogP contribution in [0.4, 0.5) is 4.39 Å². The summed E-state index contributed by atoms with van der Waals surface area (Å²) in [6, 6.07) is 5.25. The number of halogens is 2. The SMILES string of the molecule is NNC(Cc1cc(F)cc(Br)c1)CC1CCSCC1. The first kappa shape index (κ1) is 15.3. The molecular formula is C14H20BrFN2S. The van der Waals surface area contributed by atoms with Gasteiger partial charge < -0.3 is 0 Å². The summed E-state index contributed by atoms with van der Waals surface area (Å²) in [6.07, 6.45) is 4.40. The van der Waals surface area contributed by atoms with E-state index in [-0.39, 0.29) is 11.9 Å². The van der Waals surface area contributed by atoms with Crippen LogP contribution >= 0.6 is 27.7 Å². The van der Waals surface area contributed by atoms with Crippen LogP contribution < -0.4 is 11.3 Å². The third-order valence-corrected chi connectivity index (χ3v) is 5.11. The lowest BCUT2D eigenvalue weighted by atomic mass is 9.91. The molecule has 5 heteroatoms. The molecule has 1 heterocycles. The van der Waals surface area contributed by atoms with Crippen molar-refractivity contribution in [2.45, 2.75) is 31.7 Å². The number of hydrazine groups is 1. The standard InChI is InChI=1S/C14H20BrFN2S/c15-12-5-11(6-13(16)9-12)8-14(18-17)7-10-1-3-19-4-2-10/h5-6,9-10,14,18H,1-4,7-8,17H2. The molecule has 106 valence electrons.